The first-order chi connectivity index (χ1) is 6.43. The number of aromatic nitrogens is 1. The van der Waals surface area contributed by atoms with Gasteiger partial charge in [-0.2, -0.15) is 0 Å². The van der Waals surface area contributed by atoms with E-state index in [-0.39, 0.29) is 0 Å². The van der Waals surface area contributed by atoms with E-state index < -0.39 is 0 Å². The number of ether oxygens (including phenoxy) is 1. The van der Waals surface area contributed by atoms with Gasteiger partial charge in [0.2, 0.25) is 0 Å². The molecule has 13 heavy (non-hydrogen) atoms. The average molecular weight is 195 g/mol. The van der Waals surface area contributed by atoms with E-state index in [0.29, 0.717) is 6.10 Å². The molecule has 1 saturated carbocycles. The summed E-state index contributed by atoms with van der Waals surface area (Å²) in [6, 6.07) is 0. The Bertz CT molecular complexity index is 300. The summed E-state index contributed by atoms with van der Waals surface area (Å²) < 4.78 is 5.60. The van der Waals surface area contributed by atoms with Crippen molar-refractivity contribution in [3.8, 4) is 0 Å². The molecule has 0 amide bonds. The molecule has 1 atom stereocenters. The molecule has 2 aliphatic rings. The Morgan fingerprint density at radius 3 is 3.00 bits per heavy atom. The molecule has 70 valence electrons. The fourth-order valence-electron chi connectivity index (χ4n) is 1.79. The van der Waals surface area contributed by atoms with E-state index >= 15 is 0 Å². The molecule has 0 N–H and O–H groups in total. The van der Waals surface area contributed by atoms with Crippen molar-refractivity contribution < 1.29 is 4.74 Å². The van der Waals surface area contributed by atoms with Crippen molar-refractivity contribution in [3.05, 3.63) is 16.1 Å². The van der Waals surface area contributed by atoms with E-state index in [1.807, 2.05) is 0 Å². The van der Waals surface area contributed by atoms with Crippen LogP contribution in [-0.2, 0) is 4.74 Å². The molecular formula is C10H13NOS. The van der Waals surface area contributed by atoms with Crippen LogP contribution in [0.3, 0.4) is 0 Å². The third-order valence-corrected chi connectivity index (χ3v) is 3.70. The fraction of sp³-hybridized carbons (Fsp3) is 0.700. The van der Waals surface area contributed by atoms with Crippen LogP contribution in [0.5, 0.6) is 0 Å². The van der Waals surface area contributed by atoms with E-state index in [1.165, 1.54) is 30.0 Å². The largest absolute Gasteiger partial charge is 0.371 e. The summed E-state index contributed by atoms with van der Waals surface area (Å²) in [5.41, 5.74) is 1.32. The van der Waals surface area contributed by atoms with Gasteiger partial charge in [-0.25, -0.2) is 4.98 Å². The molecule has 1 aliphatic heterocycles. The lowest BCUT2D eigenvalue weighted by Gasteiger charge is -2.03. The number of hydrogen-bond donors (Lipinski definition) is 0. The number of thiazole rings is 1. The van der Waals surface area contributed by atoms with Crippen molar-refractivity contribution in [1.82, 2.24) is 4.98 Å². The monoisotopic (exact) mass is 195 g/mol. The van der Waals surface area contributed by atoms with Crippen molar-refractivity contribution in [2.75, 3.05) is 6.61 Å². The summed E-state index contributed by atoms with van der Waals surface area (Å²) in [7, 11) is 0. The predicted octanol–water partition coefficient (Wildman–Crippen LogP) is 2.87. The Morgan fingerprint density at radius 1 is 1.38 bits per heavy atom. The molecule has 3 heteroatoms. The molecule has 2 fully saturated rings. The molecule has 0 radical (unpaired) electrons. The van der Waals surface area contributed by atoms with Crippen molar-refractivity contribution in [3.63, 3.8) is 0 Å². The Balaban J connectivity index is 1.79. The zero-order valence-corrected chi connectivity index (χ0v) is 8.35. The second-order valence-electron chi connectivity index (χ2n) is 3.89. The highest BCUT2D eigenvalue weighted by Gasteiger charge is 2.28. The number of nitrogens with zero attached hydrogens (tertiary/aromatic N) is 1. The smallest absolute Gasteiger partial charge is 0.122 e. The van der Waals surface area contributed by atoms with Gasteiger partial charge in [0.1, 0.15) is 11.1 Å². The average Bonchev–Trinajstić information content (AvgIpc) is 2.72. The summed E-state index contributed by atoms with van der Waals surface area (Å²) in [5, 5.41) is 3.42. The Labute approximate surface area is 81.9 Å². The first-order valence-corrected chi connectivity index (χ1v) is 5.88. The van der Waals surface area contributed by atoms with Crippen LogP contribution in [0.4, 0.5) is 0 Å². The second-order valence-corrected chi connectivity index (χ2v) is 4.78. The molecule has 0 aromatic carbocycles. The molecule has 3 rings (SSSR count). The molecule has 1 aromatic rings. The predicted molar refractivity (Wildman–Crippen MR) is 52.0 cm³/mol. The van der Waals surface area contributed by atoms with Crippen LogP contribution in [0.2, 0.25) is 0 Å². The molecule has 1 aliphatic carbocycles. The minimum Gasteiger partial charge on any atom is -0.371 e. The number of rotatable bonds is 2. The summed E-state index contributed by atoms with van der Waals surface area (Å²) in [6.07, 6.45) is 5.36. The van der Waals surface area contributed by atoms with Crippen LogP contribution in [0.15, 0.2) is 5.38 Å². The third-order valence-electron chi connectivity index (χ3n) is 2.74. The lowest BCUT2D eigenvalue weighted by molar-refractivity contribution is 0.111. The van der Waals surface area contributed by atoms with Crippen molar-refractivity contribution in [2.45, 2.75) is 37.7 Å². The number of hydrogen-bond acceptors (Lipinski definition) is 3. The zero-order valence-electron chi connectivity index (χ0n) is 7.53. The molecule has 0 spiro atoms. The van der Waals surface area contributed by atoms with Crippen LogP contribution in [0, 0.1) is 0 Å². The first-order valence-electron chi connectivity index (χ1n) is 5.00. The quantitative estimate of drug-likeness (QED) is 0.724. The van der Waals surface area contributed by atoms with Crippen LogP contribution in [0.25, 0.3) is 0 Å². The SMILES string of the molecule is c1sc(C2CCCO2)nc1C1CC1. The van der Waals surface area contributed by atoms with E-state index in [9.17, 15) is 0 Å². The highest BCUT2D eigenvalue weighted by Crippen LogP contribution is 2.41. The van der Waals surface area contributed by atoms with E-state index in [2.05, 4.69) is 10.4 Å². The molecule has 1 aromatic heterocycles. The van der Waals surface area contributed by atoms with Gasteiger partial charge in [-0.1, -0.05) is 0 Å². The van der Waals surface area contributed by atoms with E-state index in [1.54, 1.807) is 11.3 Å². The standard InChI is InChI=1S/C10H13NOS/c1-2-9(12-5-1)10-11-8(6-13-10)7-3-4-7/h6-7,9H,1-5H2. The Morgan fingerprint density at radius 2 is 2.31 bits per heavy atom. The summed E-state index contributed by atoms with van der Waals surface area (Å²) >= 11 is 1.78. The summed E-state index contributed by atoms with van der Waals surface area (Å²) in [6.45, 7) is 0.920. The van der Waals surface area contributed by atoms with Crippen LogP contribution in [0.1, 0.15) is 48.4 Å². The van der Waals surface area contributed by atoms with Gasteiger partial charge in [-0.15, -0.1) is 11.3 Å². The van der Waals surface area contributed by atoms with Gasteiger partial charge in [-0.05, 0) is 25.7 Å². The maximum atomic E-state index is 5.60. The molecular weight excluding hydrogens is 182 g/mol. The Kier molecular flexibility index (Phi) is 1.87. The zero-order chi connectivity index (χ0) is 8.67. The topological polar surface area (TPSA) is 22.1 Å². The normalized spacial score (nSPS) is 28.2. The fourth-order valence-corrected chi connectivity index (χ4v) is 2.77. The van der Waals surface area contributed by atoms with Gasteiger partial charge >= 0.3 is 0 Å². The highest BCUT2D eigenvalue weighted by molar-refractivity contribution is 7.09. The minimum absolute atomic E-state index is 0.317. The molecule has 0 bridgehead atoms. The van der Waals surface area contributed by atoms with Gasteiger partial charge in [-0.3, -0.25) is 0 Å². The van der Waals surface area contributed by atoms with Gasteiger partial charge in [0.15, 0.2) is 0 Å². The molecule has 1 saturated heterocycles. The molecule has 2 nitrogen and oxygen atoms in total. The van der Waals surface area contributed by atoms with Crippen LogP contribution >= 0.6 is 11.3 Å². The molecule has 1 unspecified atom stereocenters. The van der Waals surface area contributed by atoms with Crippen LogP contribution < -0.4 is 0 Å². The lowest BCUT2D eigenvalue weighted by Crippen LogP contribution is -1.94. The second kappa shape index (κ2) is 3.07. The van der Waals surface area contributed by atoms with Crippen molar-refractivity contribution in [2.24, 2.45) is 0 Å². The van der Waals surface area contributed by atoms with Gasteiger partial charge in [0.05, 0.1) is 5.69 Å². The summed E-state index contributed by atoms with van der Waals surface area (Å²) in [4.78, 5) is 4.65. The van der Waals surface area contributed by atoms with Crippen molar-refractivity contribution in [1.29, 1.82) is 0 Å². The highest BCUT2D eigenvalue weighted by atomic mass is 32.1. The minimum atomic E-state index is 0.317. The third kappa shape index (κ3) is 1.51. The Hall–Kier alpha value is -0.410. The van der Waals surface area contributed by atoms with E-state index in [4.69, 9.17) is 4.74 Å². The lowest BCUT2D eigenvalue weighted by atomic mass is 10.2. The maximum absolute atomic E-state index is 5.60. The van der Waals surface area contributed by atoms with E-state index in [0.717, 1.165) is 18.9 Å². The molecule has 2 heterocycles. The maximum Gasteiger partial charge on any atom is 0.122 e. The first kappa shape index (κ1) is 7.94. The van der Waals surface area contributed by atoms with Gasteiger partial charge < -0.3 is 4.74 Å². The van der Waals surface area contributed by atoms with Gasteiger partial charge in [0.25, 0.3) is 0 Å². The van der Waals surface area contributed by atoms with Crippen LogP contribution in [-0.4, -0.2) is 11.6 Å². The van der Waals surface area contributed by atoms with Gasteiger partial charge in [0, 0.05) is 17.9 Å². The van der Waals surface area contributed by atoms with Crippen molar-refractivity contribution >= 4 is 11.3 Å². The summed E-state index contributed by atoms with van der Waals surface area (Å²) in [5.74, 6) is 0.784.